The van der Waals surface area contributed by atoms with Gasteiger partial charge in [-0.3, -0.25) is 14.7 Å². The Hall–Kier alpha value is -1.62. The average Bonchev–Trinajstić information content (AvgIpc) is 3.01. The van der Waals surface area contributed by atoms with Gasteiger partial charge in [0.25, 0.3) is 0 Å². The monoisotopic (exact) mass is 274 g/mol. The molecule has 5 nitrogen and oxygen atoms in total. The van der Waals surface area contributed by atoms with Gasteiger partial charge in [-0.25, -0.2) is 0 Å². The molecule has 108 valence electrons. The quantitative estimate of drug-likeness (QED) is 0.818. The van der Waals surface area contributed by atoms with Gasteiger partial charge in [0.1, 0.15) is 0 Å². The van der Waals surface area contributed by atoms with Crippen LogP contribution in [0.4, 0.5) is 5.69 Å². The van der Waals surface area contributed by atoms with Gasteiger partial charge in [0, 0.05) is 32.4 Å². The maximum absolute atomic E-state index is 12.3. The molecule has 1 aromatic heterocycles. The van der Waals surface area contributed by atoms with Gasteiger partial charge in [-0.05, 0) is 38.1 Å². The van der Waals surface area contributed by atoms with Crippen molar-refractivity contribution in [3.8, 4) is 0 Å². The van der Waals surface area contributed by atoms with Gasteiger partial charge < -0.3 is 9.80 Å². The number of carbonyl (C=O) groups is 1. The Morgan fingerprint density at radius 2 is 1.85 bits per heavy atom. The Balaban J connectivity index is 1.49. The molecule has 0 bridgehead atoms. The van der Waals surface area contributed by atoms with Gasteiger partial charge in [0.2, 0.25) is 5.91 Å². The van der Waals surface area contributed by atoms with Crippen molar-refractivity contribution in [1.82, 2.24) is 14.8 Å². The first-order chi connectivity index (χ1) is 9.83. The number of rotatable bonds is 3. The summed E-state index contributed by atoms with van der Waals surface area (Å²) in [5.74, 6) is 0.290. The number of nitrogens with zero attached hydrogens (tertiary/aromatic N) is 4. The van der Waals surface area contributed by atoms with Crippen molar-refractivity contribution < 1.29 is 4.79 Å². The molecule has 5 heteroatoms. The lowest BCUT2D eigenvalue weighted by Gasteiger charge is -2.36. The van der Waals surface area contributed by atoms with Crippen molar-refractivity contribution in [2.24, 2.45) is 0 Å². The highest BCUT2D eigenvalue weighted by Crippen LogP contribution is 2.15. The minimum absolute atomic E-state index is 0.290. The standard InChI is InChI=1S/C15H22N4O/c20-15(13-17-6-1-2-7-17)19-10-8-18(9-11-19)14-4-3-5-16-12-14/h3-5,12H,1-2,6-11,13H2. The molecule has 1 amide bonds. The summed E-state index contributed by atoms with van der Waals surface area (Å²) in [6.45, 7) is 6.22. The molecule has 2 aliphatic rings. The second kappa shape index (κ2) is 6.22. The van der Waals surface area contributed by atoms with Crippen LogP contribution in [0, 0.1) is 0 Å². The second-order valence-electron chi connectivity index (χ2n) is 5.56. The first kappa shape index (κ1) is 13.4. The fraction of sp³-hybridized carbons (Fsp3) is 0.600. The van der Waals surface area contributed by atoms with Gasteiger partial charge in [0.05, 0.1) is 18.4 Å². The summed E-state index contributed by atoms with van der Waals surface area (Å²) < 4.78 is 0. The highest BCUT2D eigenvalue weighted by molar-refractivity contribution is 5.78. The SMILES string of the molecule is O=C(CN1CCCC1)N1CCN(c2cccnc2)CC1. The van der Waals surface area contributed by atoms with Crippen molar-refractivity contribution in [3.63, 3.8) is 0 Å². The van der Waals surface area contributed by atoms with Crippen LogP contribution in [-0.4, -0.2) is 66.5 Å². The molecule has 2 saturated heterocycles. The third kappa shape index (κ3) is 3.10. The molecule has 0 aromatic carbocycles. The lowest BCUT2D eigenvalue weighted by Crippen LogP contribution is -2.51. The molecule has 0 aliphatic carbocycles. The first-order valence-corrected chi connectivity index (χ1v) is 7.48. The van der Waals surface area contributed by atoms with Crippen molar-refractivity contribution in [1.29, 1.82) is 0 Å². The summed E-state index contributed by atoms with van der Waals surface area (Å²) in [6, 6.07) is 4.04. The molecule has 0 atom stereocenters. The molecule has 2 fully saturated rings. The molecular formula is C15H22N4O. The largest absolute Gasteiger partial charge is 0.367 e. The Morgan fingerprint density at radius 3 is 2.50 bits per heavy atom. The number of hydrogen-bond donors (Lipinski definition) is 0. The van der Waals surface area contributed by atoms with Crippen LogP contribution >= 0.6 is 0 Å². The highest BCUT2D eigenvalue weighted by Gasteiger charge is 2.23. The Bertz CT molecular complexity index is 436. The van der Waals surface area contributed by atoms with E-state index in [-0.39, 0.29) is 5.91 Å². The summed E-state index contributed by atoms with van der Waals surface area (Å²) >= 11 is 0. The zero-order valence-electron chi connectivity index (χ0n) is 11.9. The minimum atomic E-state index is 0.290. The molecule has 1 aromatic rings. The summed E-state index contributed by atoms with van der Waals surface area (Å²) in [5, 5.41) is 0. The Labute approximate surface area is 120 Å². The molecule has 0 saturated carbocycles. The van der Waals surface area contributed by atoms with Crippen LogP contribution < -0.4 is 4.90 Å². The van der Waals surface area contributed by atoms with E-state index in [2.05, 4.69) is 20.9 Å². The molecule has 2 aliphatic heterocycles. The fourth-order valence-corrected chi connectivity index (χ4v) is 2.99. The van der Waals surface area contributed by atoms with Gasteiger partial charge in [-0.15, -0.1) is 0 Å². The number of carbonyl (C=O) groups excluding carboxylic acids is 1. The smallest absolute Gasteiger partial charge is 0.236 e. The first-order valence-electron chi connectivity index (χ1n) is 7.48. The van der Waals surface area contributed by atoms with E-state index in [0.717, 1.165) is 45.0 Å². The van der Waals surface area contributed by atoms with E-state index in [1.54, 1.807) is 6.20 Å². The fourth-order valence-electron chi connectivity index (χ4n) is 2.99. The van der Waals surface area contributed by atoms with Gasteiger partial charge >= 0.3 is 0 Å². The minimum Gasteiger partial charge on any atom is -0.367 e. The van der Waals surface area contributed by atoms with Crippen LogP contribution in [0.2, 0.25) is 0 Å². The van der Waals surface area contributed by atoms with Gasteiger partial charge in [-0.1, -0.05) is 0 Å². The molecule has 0 unspecified atom stereocenters. The van der Waals surface area contributed by atoms with Crippen LogP contribution in [0.5, 0.6) is 0 Å². The Morgan fingerprint density at radius 1 is 1.10 bits per heavy atom. The lowest BCUT2D eigenvalue weighted by atomic mass is 10.2. The predicted molar refractivity (Wildman–Crippen MR) is 78.7 cm³/mol. The number of piperazine rings is 1. The van der Waals surface area contributed by atoms with Gasteiger partial charge in [-0.2, -0.15) is 0 Å². The van der Waals surface area contributed by atoms with E-state index in [1.807, 2.05) is 17.2 Å². The molecule has 0 radical (unpaired) electrons. The molecule has 0 N–H and O–H groups in total. The van der Waals surface area contributed by atoms with Crippen molar-refractivity contribution in [2.45, 2.75) is 12.8 Å². The third-order valence-electron chi connectivity index (χ3n) is 4.20. The molecule has 3 heterocycles. The van der Waals surface area contributed by atoms with Crippen LogP contribution in [0.1, 0.15) is 12.8 Å². The van der Waals surface area contributed by atoms with Gasteiger partial charge in [0.15, 0.2) is 0 Å². The molecular weight excluding hydrogens is 252 g/mol. The number of pyridine rings is 1. The summed E-state index contributed by atoms with van der Waals surface area (Å²) in [5.41, 5.74) is 1.15. The molecule has 20 heavy (non-hydrogen) atoms. The van der Waals surface area contributed by atoms with E-state index in [0.29, 0.717) is 6.54 Å². The summed E-state index contributed by atoms with van der Waals surface area (Å²) in [7, 11) is 0. The van der Waals surface area contributed by atoms with E-state index in [4.69, 9.17) is 0 Å². The van der Waals surface area contributed by atoms with Crippen molar-refractivity contribution in [2.75, 3.05) is 50.7 Å². The van der Waals surface area contributed by atoms with E-state index in [9.17, 15) is 4.79 Å². The third-order valence-corrected chi connectivity index (χ3v) is 4.20. The maximum atomic E-state index is 12.3. The number of aromatic nitrogens is 1. The van der Waals surface area contributed by atoms with E-state index < -0.39 is 0 Å². The summed E-state index contributed by atoms with van der Waals surface area (Å²) in [6.07, 6.45) is 6.16. The molecule has 0 spiro atoms. The predicted octanol–water partition coefficient (Wildman–Crippen LogP) is 0.826. The van der Waals surface area contributed by atoms with E-state index in [1.165, 1.54) is 12.8 Å². The highest BCUT2D eigenvalue weighted by atomic mass is 16.2. The average molecular weight is 274 g/mol. The normalized spacial score (nSPS) is 20.4. The summed E-state index contributed by atoms with van der Waals surface area (Å²) in [4.78, 5) is 23.0. The second-order valence-corrected chi connectivity index (χ2v) is 5.56. The zero-order chi connectivity index (χ0) is 13.8. The topological polar surface area (TPSA) is 39.7 Å². The number of likely N-dealkylation sites (tertiary alicyclic amines) is 1. The number of hydrogen-bond acceptors (Lipinski definition) is 4. The molecule has 3 rings (SSSR count). The van der Waals surface area contributed by atoms with Crippen LogP contribution in [0.15, 0.2) is 24.5 Å². The van der Waals surface area contributed by atoms with Crippen molar-refractivity contribution in [3.05, 3.63) is 24.5 Å². The zero-order valence-corrected chi connectivity index (χ0v) is 11.9. The van der Waals surface area contributed by atoms with Crippen LogP contribution in [0.25, 0.3) is 0 Å². The van der Waals surface area contributed by atoms with Crippen molar-refractivity contribution >= 4 is 11.6 Å². The Kier molecular flexibility index (Phi) is 4.16. The number of anilines is 1. The van der Waals surface area contributed by atoms with Crippen LogP contribution in [0.3, 0.4) is 0 Å². The van der Waals surface area contributed by atoms with E-state index >= 15 is 0 Å². The van der Waals surface area contributed by atoms with Crippen LogP contribution in [-0.2, 0) is 4.79 Å². The number of amides is 1. The maximum Gasteiger partial charge on any atom is 0.236 e. The lowest BCUT2D eigenvalue weighted by molar-refractivity contribution is -0.132.